The fourth-order valence-corrected chi connectivity index (χ4v) is 5.02. The molecule has 0 amide bonds. The first kappa shape index (κ1) is 19.9. The fraction of sp³-hybridized carbons (Fsp3) is 0.458. The molecule has 0 spiro atoms. The summed E-state index contributed by atoms with van der Waals surface area (Å²) < 4.78 is 58.3. The molecule has 0 N–H and O–H groups in total. The van der Waals surface area contributed by atoms with Crippen LogP contribution in [0.15, 0.2) is 18.2 Å². The first-order valence-electron chi connectivity index (χ1n) is 10.3. The second-order valence-corrected chi connectivity index (χ2v) is 8.59. The normalized spacial score (nSPS) is 24.1. The van der Waals surface area contributed by atoms with Crippen LogP contribution >= 0.6 is 0 Å². The van der Waals surface area contributed by atoms with Crippen molar-refractivity contribution in [2.24, 2.45) is 5.92 Å². The van der Waals surface area contributed by atoms with Gasteiger partial charge in [0.2, 0.25) is 0 Å². The van der Waals surface area contributed by atoms with Gasteiger partial charge in [-0.05, 0) is 84.7 Å². The fourth-order valence-electron chi connectivity index (χ4n) is 5.02. The third kappa shape index (κ3) is 3.66. The highest BCUT2D eigenvalue weighted by molar-refractivity contribution is 5.44. The van der Waals surface area contributed by atoms with Gasteiger partial charge >= 0.3 is 0 Å². The van der Waals surface area contributed by atoms with Gasteiger partial charge in [-0.25, -0.2) is 17.6 Å². The van der Waals surface area contributed by atoms with Crippen LogP contribution in [0.25, 0.3) is 0 Å². The van der Waals surface area contributed by atoms with Crippen molar-refractivity contribution in [1.29, 1.82) is 5.26 Å². The van der Waals surface area contributed by atoms with Crippen LogP contribution in [0.3, 0.4) is 0 Å². The Morgan fingerprint density at radius 1 is 0.862 bits per heavy atom. The highest BCUT2D eigenvalue weighted by atomic mass is 19.1. The van der Waals surface area contributed by atoms with Gasteiger partial charge in [0, 0.05) is 5.56 Å². The highest BCUT2D eigenvalue weighted by Gasteiger charge is 2.30. The lowest BCUT2D eigenvalue weighted by Gasteiger charge is -2.29. The summed E-state index contributed by atoms with van der Waals surface area (Å²) >= 11 is 0. The van der Waals surface area contributed by atoms with E-state index in [0.29, 0.717) is 23.5 Å². The molecule has 1 saturated carbocycles. The lowest BCUT2D eigenvalue weighted by molar-refractivity contribution is 0.346. The second-order valence-electron chi connectivity index (χ2n) is 8.59. The zero-order valence-electron chi connectivity index (χ0n) is 16.4. The Labute approximate surface area is 168 Å². The van der Waals surface area contributed by atoms with E-state index in [2.05, 4.69) is 6.92 Å². The molecule has 2 aliphatic rings. The number of halogens is 4. The van der Waals surface area contributed by atoms with Crippen LogP contribution in [0.4, 0.5) is 17.6 Å². The van der Waals surface area contributed by atoms with Crippen LogP contribution in [0.1, 0.15) is 78.7 Å². The predicted octanol–water partition coefficient (Wildman–Crippen LogP) is 6.68. The molecule has 1 nitrogen and oxygen atoms in total. The van der Waals surface area contributed by atoms with Gasteiger partial charge in [0.15, 0.2) is 0 Å². The van der Waals surface area contributed by atoms with Crippen LogP contribution in [0.5, 0.6) is 0 Å². The van der Waals surface area contributed by atoms with Gasteiger partial charge in [-0.1, -0.05) is 19.8 Å². The number of hydrogen-bond acceptors (Lipinski definition) is 1. The molecule has 29 heavy (non-hydrogen) atoms. The molecule has 1 unspecified atom stereocenters. The smallest absolute Gasteiger partial charge is 0.147 e. The monoisotopic (exact) mass is 401 g/mol. The van der Waals surface area contributed by atoms with Crippen LogP contribution in [0, 0.1) is 40.5 Å². The summed E-state index contributed by atoms with van der Waals surface area (Å²) in [4.78, 5) is 0. The van der Waals surface area contributed by atoms with Gasteiger partial charge in [0.05, 0.1) is 0 Å². The second kappa shape index (κ2) is 7.82. The van der Waals surface area contributed by atoms with Gasteiger partial charge in [-0.15, -0.1) is 0 Å². The number of hydrogen-bond donors (Lipinski definition) is 0. The quantitative estimate of drug-likeness (QED) is 0.515. The van der Waals surface area contributed by atoms with Gasteiger partial charge in [0.1, 0.15) is 34.9 Å². The van der Waals surface area contributed by atoms with Gasteiger partial charge in [0.25, 0.3) is 0 Å². The van der Waals surface area contributed by atoms with E-state index in [1.54, 1.807) is 6.07 Å². The minimum atomic E-state index is -0.924. The molecular weight excluding hydrogens is 378 g/mol. The SMILES string of the molecule is CC1CCC(c2cc(F)c(C3CCc4c(cc(F)c(C#N)c4F)C3)c(F)c2)CC1. The molecule has 1 atom stereocenters. The molecule has 0 radical (unpaired) electrons. The average molecular weight is 401 g/mol. The predicted molar refractivity (Wildman–Crippen MR) is 103 cm³/mol. The van der Waals surface area contributed by atoms with Crippen molar-refractivity contribution in [3.8, 4) is 6.07 Å². The highest BCUT2D eigenvalue weighted by Crippen LogP contribution is 2.40. The molecule has 2 aromatic rings. The van der Waals surface area contributed by atoms with E-state index in [0.717, 1.165) is 31.7 Å². The Balaban J connectivity index is 1.62. The number of benzene rings is 2. The minimum absolute atomic E-state index is 0.00811. The molecule has 2 aromatic carbocycles. The zero-order chi connectivity index (χ0) is 20.7. The van der Waals surface area contributed by atoms with Crippen LogP contribution in [0.2, 0.25) is 0 Å². The molecule has 0 aliphatic heterocycles. The Kier molecular flexibility index (Phi) is 5.38. The van der Waals surface area contributed by atoms with E-state index >= 15 is 0 Å². The molecular formula is C24H23F4N. The zero-order valence-corrected chi connectivity index (χ0v) is 16.4. The first-order chi connectivity index (χ1) is 13.9. The molecule has 4 rings (SSSR count). The van der Waals surface area contributed by atoms with E-state index in [4.69, 9.17) is 5.26 Å². The van der Waals surface area contributed by atoms with Crippen molar-refractivity contribution in [2.75, 3.05) is 0 Å². The molecule has 0 bridgehead atoms. The van der Waals surface area contributed by atoms with Gasteiger partial charge in [-0.2, -0.15) is 5.26 Å². The Morgan fingerprint density at radius 2 is 1.52 bits per heavy atom. The molecule has 0 heterocycles. The summed E-state index contributed by atoms with van der Waals surface area (Å²) in [5.74, 6) is -2.54. The summed E-state index contributed by atoms with van der Waals surface area (Å²) in [5.41, 5.74) is 0.800. The summed E-state index contributed by atoms with van der Waals surface area (Å²) in [5, 5.41) is 8.92. The van der Waals surface area contributed by atoms with Crippen LogP contribution in [-0.2, 0) is 12.8 Å². The van der Waals surface area contributed by atoms with Crippen LogP contribution < -0.4 is 0 Å². The van der Waals surface area contributed by atoms with E-state index in [9.17, 15) is 17.6 Å². The molecule has 0 aromatic heterocycles. The molecule has 1 fully saturated rings. The lowest BCUT2D eigenvalue weighted by Crippen LogP contribution is -2.19. The van der Waals surface area contributed by atoms with Crippen molar-refractivity contribution in [3.63, 3.8) is 0 Å². The first-order valence-corrected chi connectivity index (χ1v) is 10.3. The molecule has 0 saturated heterocycles. The lowest BCUT2D eigenvalue weighted by atomic mass is 9.77. The van der Waals surface area contributed by atoms with Crippen molar-refractivity contribution in [1.82, 2.24) is 0 Å². The third-order valence-electron chi connectivity index (χ3n) is 6.73. The van der Waals surface area contributed by atoms with E-state index in [-0.39, 0.29) is 29.9 Å². The standard InChI is InChI=1S/C24H23F4N/c1-13-2-4-14(5-3-13)16-9-21(26)23(22(27)10-16)15-6-7-18-17(8-15)11-20(25)19(12-29)24(18)28/h9-11,13-15H,2-8H2,1H3. The molecule has 2 aliphatic carbocycles. The third-order valence-corrected chi connectivity index (χ3v) is 6.73. The topological polar surface area (TPSA) is 23.8 Å². The largest absolute Gasteiger partial charge is 0.207 e. The van der Waals surface area contributed by atoms with Crippen molar-refractivity contribution >= 4 is 0 Å². The summed E-state index contributed by atoms with van der Waals surface area (Å²) in [6.07, 6.45) is 4.75. The maximum absolute atomic E-state index is 14.9. The van der Waals surface area contributed by atoms with Gasteiger partial charge < -0.3 is 0 Å². The van der Waals surface area contributed by atoms with E-state index in [1.165, 1.54) is 12.1 Å². The Bertz CT molecular complexity index is 960. The van der Waals surface area contributed by atoms with E-state index < -0.39 is 34.8 Å². The Hall–Kier alpha value is -2.35. The van der Waals surface area contributed by atoms with Crippen molar-refractivity contribution in [2.45, 2.75) is 63.7 Å². The number of nitriles is 1. The minimum Gasteiger partial charge on any atom is -0.207 e. The Morgan fingerprint density at radius 3 is 2.14 bits per heavy atom. The van der Waals surface area contributed by atoms with E-state index in [1.807, 2.05) is 0 Å². The average Bonchev–Trinajstić information content (AvgIpc) is 2.68. The van der Waals surface area contributed by atoms with Crippen LogP contribution in [-0.4, -0.2) is 0 Å². The number of fused-ring (bicyclic) bond motifs is 1. The van der Waals surface area contributed by atoms with Crippen molar-refractivity contribution < 1.29 is 17.6 Å². The summed E-state index contributed by atoms with van der Waals surface area (Å²) in [6, 6.07) is 5.59. The number of nitrogens with zero attached hydrogens (tertiary/aromatic N) is 1. The summed E-state index contributed by atoms with van der Waals surface area (Å²) in [7, 11) is 0. The summed E-state index contributed by atoms with van der Waals surface area (Å²) in [6.45, 7) is 2.20. The molecule has 5 heteroatoms. The van der Waals surface area contributed by atoms with Crippen molar-refractivity contribution in [3.05, 3.63) is 69.3 Å². The van der Waals surface area contributed by atoms with Gasteiger partial charge in [-0.3, -0.25) is 0 Å². The molecule has 152 valence electrons. The number of rotatable bonds is 2. The maximum atomic E-state index is 14.9. The maximum Gasteiger partial charge on any atom is 0.147 e.